The smallest absolute Gasteiger partial charge is 0.370 e. The molecule has 4 atom stereocenters. The molecular formula is C22H32F18N2O3+2. The van der Waals surface area contributed by atoms with Crippen LogP contribution in [0.3, 0.4) is 0 Å². The third-order valence-corrected chi connectivity index (χ3v) is 6.47. The van der Waals surface area contributed by atoms with Gasteiger partial charge in [-0.15, -0.1) is 0 Å². The second-order valence-corrected chi connectivity index (χ2v) is 11.6. The van der Waals surface area contributed by atoms with Crippen LogP contribution in [0, 0.1) is 0 Å². The fourth-order valence-electron chi connectivity index (χ4n) is 3.13. The Balaban J connectivity index is 5.39. The van der Waals surface area contributed by atoms with Gasteiger partial charge in [0.05, 0.1) is 41.4 Å². The molecule has 0 aliphatic rings. The van der Waals surface area contributed by atoms with Crippen molar-refractivity contribution in [2.75, 3.05) is 67.6 Å². The van der Waals surface area contributed by atoms with Crippen molar-refractivity contribution < 1.29 is 102 Å². The fraction of sp³-hybridized carbons (Fsp3) is 1.00. The maximum absolute atomic E-state index is 13.8. The van der Waals surface area contributed by atoms with E-state index in [0.717, 1.165) is 28.2 Å². The van der Waals surface area contributed by atoms with Gasteiger partial charge < -0.3 is 13.7 Å². The normalized spacial score (nSPS) is 19.2. The summed E-state index contributed by atoms with van der Waals surface area (Å²) in [5.74, 6) is 0. The summed E-state index contributed by atoms with van der Waals surface area (Å²) in [5, 5.41) is 0. The molecule has 0 aromatic carbocycles. The van der Waals surface area contributed by atoms with Crippen LogP contribution in [0.15, 0.2) is 0 Å². The minimum atomic E-state index is -6.32. The summed E-state index contributed by atoms with van der Waals surface area (Å²) in [7, 11) is 3.81. The van der Waals surface area contributed by atoms with E-state index in [0.29, 0.717) is 0 Å². The van der Waals surface area contributed by atoms with Gasteiger partial charge in [-0.2, -0.15) is 70.2 Å². The van der Waals surface area contributed by atoms with Gasteiger partial charge in [0.2, 0.25) is 12.2 Å². The molecule has 45 heavy (non-hydrogen) atoms. The molecule has 0 spiro atoms. The Morgan fingerprint density at radius 1 is 0.467 bits per heavy atom. The molecule has 0 saturated heterocycles. The van der Waals surface area contributed by atoms with Crippen LogP contribution >= 0.6 is 0 Å². The maximum Gasteiger partial charge on any atom is 0.430 e. The molecule has 0 rings (SSSR count). The molecule has 0 aliphatic heterocycles. The Morgan fingerprint density at radius 3 is 0.911 bits per heavy atom. The maximum atomic E-state index is 13.8. The third-order valence-electron chi connectivity index (χ3n) is 6.47. The predicted molar refractivity (Wildman–Crippen MR) is 117 cm³/mol. The molecule has 272 valence electrons. The van der Waals surface area contributed by atoms with E-state index in [4.69, 9.17) is 4.74 Å². The lowest BCUT2D eigenvalue weighted by Gasteiger charge is -2.38. The zero-order valence-electron chi connectivity index (χ0n) is 24.3. The Morgan fingerprint density at radius 2 is 0.711 bits per heavy atom. The molecule has 4 unspecified atom stereocenters. The number of halogens is 18. The first-order valence-electron chi connectivity index (χ1n) is 12.3. The van der Waals surface area contributed by atoms with E-state index >= 15 is 0 Å². The molecular weight excluding hydrogens is 682 g/mol. The van der Waals surface area contributed by atoms with Crippen molar-refractivity contribution in [1.82, 2.24) is 0 Å². The topological polar surface area (TPSA) is 27.7 Å². The van der Waals surface area contributed by atoms with Gasteiger partial charge in [-0.3, -0.25) is 9.47 Å². The van der Waals surface area contributed by atoms with Crippen molar-refractivity contribution >= 4 is 0 Å². The first-order chi connectivity index (χ1) is 19.3. The number of hydrogen-bond acceptors (Lipinski definition) is 3. The van der Waals surface area contributed by atoms with E-state index in [1.165, 1.54) is 0 Å². The Bertz CT molecular complexity index is 865. The highest BCUT2D eigenvalue weighted by Crippen LogP contribution is 2.48. The summed E-state index contributed by atoms with van der Waals surface area (Å²) in [5.41, 5.74) is -11.0. The zero-order valence-corrected chi connectivity index (χ0v) is 24.3. The second-order valence-electron chi connectivity index (χ2n) is 11.6. The largest absolute Gasteiger partial charge is 0.430 e. The van der Waals surface area contributed by atoms with Crippen molar-refractivity contribution in [3.8, 4) is 0 Å². The molecule has 0 saturated carbocycles. The van der Waals surface area contributed by atoms with Crippen LogP contribution in [0.5, 0.6) is 0 Å². The van der Waals surface area contributed by atoms with Crippen LogP contribution in [0.25, 0.3) is 0 Å². The van der Waals surface area contributed by atoms with Crippen molar-refractivity contribution in [3.63, 3.8) is 0 Å². The molecule has 0 aliphatic carbocycles. The monoisotopic (exact) mass is 714 g/mol. The summed E-state index contributed by atoms with van der Waals surface area (Å²) in [6.45, 7) is -6.67. The number of quaternary nitrogens is 2. The van der Waals surface area contributed by atoms with Crippen molar-refractivity contribution in [1.29, 1.82) is 0 Å². The highest BCUT2D eigenvalue weighted by atomic mass is 19.4. The second kappa shape index (κ2) is 13.6. The Kier molecular flexibility index (Phi) is 13.1. The Labute approximate surface area is 245 Å². The quantitative estimate of drug-likeness (QED) is 0.1000. The lowest BCUT2D eigenvalue weighted by Crippen LogP contribution is -2.60. The molecule has 0 N–H and O–H groups in total. The molecule has 23 heteroatoms. The van der Waals surface area contributed by atoms with E-state index in [-0.39, 0.29) is 0 Å². The molecule has 0 aromatic rings. The minimum absolute atomic E-state index is 0.534. The van der Waals surface area contributed by atoms with Gasteiger partial charge in [0.25, 0.3) is 11.3 Å². The summed E-state index contributed by atoms with van der Waals surface area (Å²) < 4.78 is 248. The van der Waals surface area contributed by atoms with Crippen molar-refractivity contribution in [2.45, 2.75) is 74.3 Å². The molecule has 0 heterocycles. The van der Waals surface area contributed by atoms with Crippen LogP contribution in [0.1, 0.15) is 13.8 Å². The number of rotatable bonds is 16. The minimum Gasteiger partial charge on any atom is -0.370 e. The van der Waals surface area contributed by atoms with Gasteiger partial charge in [0, 0.05) is 0 Å². The van der Waals surface area contributed by atoms with E-state index in [1.807, 2.05) is 0 Å². The summed E-state index contributed by atoms with van der Waals surface area (Å²) >= 11 is 0. The Hall–Kier alpha value is -1.46. The van der Waals surface area contributed by atoms with Crippen LogP contribution in [0.2, 0.25) is 0 Å². The van der Waals surface area contributed by atoms with Gasteiger partial charge in [-0.1, -0.05) is 0 Å². The van der Waals surface area contributed by atoms with Crippen LogP contribution < -0.4 is 0 Å². The van der Waals surface area contributed by atoms with Crippen LogP contribution in [0.4, 0.5) is 79.0 Å². The highest BCUT2D eigenvalue weighted by molar-refractivity contribution is 4.93. The third kappa shape index (κ3) is 11.9. The van der Waals surface area contributed by atoms with Crippen molar-refractivity contribution in [3.05, 3.63) is 0 Å². The summed E-state index contributed by atoms with van der Waals surface area (Å²) in [4.78, 5) is 0. The molecule has 0 bridgehead atoms. The van der Waals surface area contributed by atoms with Crippen LogP contribution in [-0.2, 0) is 14.2 Å². The molecule has 0 fully saturated rings. The predicted octanol–water partition coefficient (Wildman–Crippen LogP) is 6.82. The van der Waals surface area contributed by atoms with E-state index in [2.05, 4.69) is 9.47 Å². The summed E-state index contributed by atoms with van der Waals surface area (Å²) in [6.07, 6.45) is -43.3. The molecule has 0 radical (unpaired) electrons. The standard InChI is InChI=1S/C22H32F18N2O3/c1-15(23,19(31,32)33)21(37,38)44-13(17(25,26)27)11-41(3,4)7-9-43-10-8-42(5,6)12-14(18(28,29)30)45-22(39,40)16(2,24)20(34,35)36/h13-14H,7-12H2,1-6H3/q+2. The zero-order chi connectivity index (χ0) is 36.5. The molecule has 0 aromatic heterocycles. The van der Waals surface area contributed by atoms with E-state index < -0.39 is 123 Å². The summed E-state index contributed by atoms with van der Waals surface area (Å²) in [6, 6.07) is 0. The van der Waals surface area contributed by atoms with Gasteiger partial charge in [-0.25, -0.2) is 8.78 Å². The van der Waals surface area contributed by atoms with Gasteiger partial charge in [-0.05, 0) is 13.8 Å². The lowest BCUT2D eigenvalue weighted by molar-refractivity contribution is -0.899. The number of alkyl halides is 18. The van der Waals surface area contributed by atoms with E-state index in [9.17, 15) is 79.0 Å². The SMILES string of the molecule is CC(F)(C(F)(F)F)C(F)(F)OC(C[N+](C)(C)CCOCC[N+](C)(C)CC(OC(F)(F)C(C)(F)C(F)(F)F)C(F)(F)F)C(F)(F)F. The number of hydrogen-bond donors (Lipinski definition) is 0. The first kappa shape index (κ1) is 43.5. The molecule has 0 amide bonds. The van der Waals surface area contributed by atoms with Gasteiger partial charge in [0.15, 0.2) is 0 Å². The number of ether oxygens (including phenoxy) is 3. The lowest BCUT2D eigenvalue weighted by atomic mass is 10.1. The van der Waals surface area contributed by atoms with E-state index in [1.54, 1.807) is 0 Å². The van der Waals surface area contributed by atoms with Crippen LogP contribution in [-0.4, -0.2) is 137 Å². The highest BCUT2D eigenvalue weighted by Gasteiger charge is 2.72. The van der Waals surface area contributed by atoms with Gasteiger partial charge in [0.1, 0.15) is 26.2 Å². The van der Waals surface area contributed by atoms with Gasteiger partial charge >= 0.3 is 36.9 Å². The van der Waals surface area contributed by atoms with Crippen molar-refractivity contribution in [2.24, 2.45) is 0 Å². The average Bonchev–Trinajstić information content (AvgIpc) is 2.74. The number of likely N-dealkylation sites (N-methyl/N-ethyl adjacent to an activating group) is 2. The first-order valence-corrected chi connectivity index (χ1v) is 12.3. The number of nitrogens with zero attached hydrogens (tertiary/aromatic N) is 2. The fourth-order valence-corrected chi connectivity index (χ4v) is 3.13. The average molecular weight is 714 g/mol. The molecule has 5 nitrogen and oxygen atoms in total.